The van der Waals surface area contributed by atoms with Crippen LogP contribution in [0.1, 0.15) is 85.1 Å². The van der Waals surface area contributed by atoms with Gasteiger partial charge in [-0.2, -0.15) is 0 Å². The fourth-order valence-electron chi connectivity index (χ4n) is 3.69. The summed E-state index contributed by atoms with van der Waals surface area (Å²) in [6.07, 6.45) is 7.00. The molecule has 0 aromatic heterocycles. The van der Waals surface area contributed by atoms with E-state index in [-0.39, 0.29) is 18.7 Å². The maximum absolute atomic E-state index is 13.0. The number of carbonyl (C=O) groups is 4. The van der Waals surface area contributed by atoms with Gasteiger partial charge >= 0.3 is 0 Å². The lowest BCUT2D eigenvalue weighted by Crippen LogP contribution is -2.41. The highest BCUT2D eigenvalue weighted by atomic mass is 16.2. The number of rotatable bonds is 13. The Kier molecular flexibility index (Phi) is 12.4. The van der Waals surface area contributed by atoms with Crippen LogP contribution in [0.5, 0.6) is 0 Å². The monoisotopic (exact) mass is 431 g/mol. The van der Waals surface area contributed by atoms with Crippen LogP contribution >= 0.6 is 0 Å². The molecule has 2 rings (SSSR count). The maximum Gasteiger partial charge on any atom is 0.262 e. The van der Waals surface area contributed by atoms with Crippen LogP contribution in [-0.4, -0.2) is 55.6 Å². The van der Waals surface area contributed by atoms with E-state index in [0.29, 0.717) is 17.4 Å². The van der Waals surface area contributed by atoms with Gasteiger partial charge in [-0.3, -0.25) is 19.3 Å². The summed E-state index contributed by atoms with van der Waals surface area (Å²) in [6, 6.07) is 4.38. The molecular weight excluding hydrogens is 394 g/mol. The summed E-state index contributed by atoms with van der Waals surface area (Å²) in [5, 5.41) is 5.62. The first-order valence-corrected chi connectivity index (χ1v) is 11.3. The third kappa shape index (κ3) is 7.28. The lowest BCUT2D eigenvalue weighted by molar-refractivity contribution is -0.121. The van der Waals surface area contributed by atoms with Gasteiger partial charge in [-0.05, 0) is 50.9 Å². The number of benzene rings is 1. The van der Waals surface area contributed by atoms with Crippen molar-refractivity contribution >= 4 is 24.0 Å². The minimum atomic E-state index is -0.931. The normalized spacial score (nSPS) is 13.4. The minimum absolute atomic E-state index is 0.0771. The van der Waals surface area contributed by atoms with Crippen molar-refractivity contribution in [1.82, 2.24) is 15.5 Å². The summed E-state index contributed by atoms with van der Waals surface area (Å²) in [5.41, 5.74) is 1.63. The number of aldehydes is 1. The van der Waals surface area contributed by atoms with Crippen LogP contribution in [0.15, 0.2) is 18.2 Å². The topological polar surface area (TPSA) is 95.6 Å². The van der Waals surface area contributed by atoms with Crippen LogP contribution in [0, 0.1) is 0 Å². The predicted octanol–water partition coefficient (Wildman–Crippen LogP) is 3.11. The lowest BCUT2D eigenvalue weighted by atomic mass is 9.97. The van der Waals surface area contributed by atoms with Gasteiger partial charge in [0.2, 0.25) is 5.91 Å². The van der Waals surface area contributed by atoms with Crippen LogP contribution in [0.3, 0.4) is 0 Å². The van der Waals surface area contributed by atoms with Crippen LogP contribution in [0.4, 0.5) is 0 Å². The second-order valence-corrected chi connectivity index (χ2v) is 7.36. The Labute approximate surface area is 186 Å². The van der Waals surface area contributed by atoms with Crippen molar-refractivity contribution in [2.75, 3.05) is 20.6 Å². The zero-order valence-corrected chi connectivity index (χ0v) is 19.3. The van der Waals surface area contributed by atoms with Crippen molar-refractivity contribution < 1.29 is 19.2 Å². The van der Waals surface area contributed by atoms with Gasteiger partial charge < -0.3 is 15.4 Å². The summed E-state index contributed by atoms with van der Waals surface area (Å²) in [4.78, 5) is 49.8. The van der Waals surface area contributed by atoms with Crippen molar-refractivity contribution in [2.24, 2.45) is 0 Å². The van der Waals surface area contributed by atoms with Crippen molar-refractivity contribution in [2.45, 2.75) is 71.3 Å². The first-order valence-electron chi connectivity index (χ1n) is 11.3. The zero-order valence-electron chi connectivity index (χ0n) is 19.3. The molecule has 1 unspecified atom stereocenters. The SMILES string of the molecule is CC.CNCCCCCCCc1cccc2c1C(=O)N(C(C=O)CCC(=O)NC)C2=O. The van der Waals surface area contributed by atoms with Crippen molar-refractivity contribution in [3.05, 3.63) is 34.9 Å². The summed E-state index contributed by atoms with van der Waals surface area (Å²) in [7, 11) is 3.46. The number of fused-ring (bicyclic) bond motifs is 1. The first-order chi connectivity index (χ1) is 15.0. The lowest BCUT2D eigenvalue weighted by Gasteiger charge is -2.21. The van der Waals surface area contributed by atoms with Gasteiger partial charge in [0.1, 0.15) is 6.29 Å². The number of carbonyl (C=O) groups excluding carboxylic acids is 4. The van der Waals surface area contributed by atoms with E-state index in [9.17, 15) is 19.2 Å². The average Bonchev–Trinajstić information content (AvgIpc) is 3.06. The fraction of sp³-hybridized carbons (Fsp3) is 0.583. The maximum atomic E-state index is 13.0. The molecule has 0 aliphatic carbocycles. The molecular formula is C24H37N3O4. The number of unbranched alkanes of at least 4 members (excludes halogenated alkanes) is 4. The molecule has 172 valence electrons. The van der Waals surface area contributed by atoms with E-state index in [1.165, 1.54) is 13.5 Å². The summed E-state index contributed by atoms with van der Waals surface area (Å²) < 4.78 is 0. The molecule has 0 fully saturated rings. The smallest absolute Gasteiger partial charge is 0.262 e. The largest absolute Gasteiger partial charge is 0.359 e. The van der Waals surface area contributed by atoms with Gasteiger partial charge in [0.15, 0.2) is 0 Å². The van der Waals surface area contributed by atoms with Gasteiger partial charge in [0.05, 0.1) is 17.2 Å². The Morgan fingerprint density at radius 2 is 1.71 bits per heavy atom. The predicted molar refractivity (Wildman–Crippen MR) is 122 cm³/mol. The molecule has 0 saturated carbocycles. The first kappa shape index (κ1) is 26.5. The highest BCUT2D eigenvalue weighted by Gasteiger charge is 2.41. The molecule has 0 radical (unpaired) electrons. The molecule has 0 saturated heterocycles. The molecule has 31 heavy (non-hydrogen) atoms. The number of hydrogen-bond acceptors (Lipinski definition) is 5. The highest BCUT2D eigenvalue weighted by molar-refractivity contribution is 6.23. The molecule has 1 heterocycles. The Balaban J connectivity index is 0.00000233. The van der Waals surface area contributed by atoms with E-state index in [1.807, 2.05) is 27.0 Å². The number of hydrogen-bond donors (Lipinski definition) is 2. The van der Waals surface area contributed by atoms with E-state index in [0.717, 1.165) is 49.1 Å². The highest BCUT2D eigenvalue weighted by Crippen LogP contribution is 2.29. The number of amides is 3. The Hall–Kier alpha value is -2.54. The van der Waals surface area contributed by atoms with Crippen molar-refractivity contribution in [3.8, 4) is 0 Å². The molecule has 2 N–H and O–H groups in total. The number of imide groups is 1. The quantitative estimate of drug-likeness (QED) is 0.284. The standard InChI is InChI=1S/C22H31N3O4.C2H6/c1-23-14-7-5-3-4-6-9-16-10-8-11-18-20(16)22(29)25(21(18)28)17(15-26)12-13-19(27)24-2;1-2/h8,10-11,15,17,23H,3-7,9,12-14H2,1-2H3,(H,24,27);1-2H3. The van der Waals surface area contributed by atoms with Gasteiger partial charge in [0, 0.05) is 13.5 Å². The Morgan fingerprint density at radius 3 is 2.35 bits per heavy atom. The molecule has 7 nitrogen and oxygen atoms in total. The number of nitrogens with zero attached hydrogens (tertiary/aromatic N) is 1. The van der Waals surface area contributed by atoms with E-state index >= 15 is 0 Å². The van der Waals surface area contributed by atoms with E-state index in [2.05, 4.69) is 10.6 Å². The molecule has 1 aromatic carbocycles. The molecule has 1 aromatic rings. The summed E-state index contributed by atoms with van der Waals surface area (Å²) >= 11 is 0. The third-order valence-corrected chi connectivity index (χ3v) is 5.34. The molecule has 0 spiro atoms. The Morgan fingerprint density at radius 1 is 1.03 bits per heavy atom. The van der Waals surface area contributed by atoms with Gasteiger partial charge in [-0.15, -0.1) is 0 Å². The van der Waals surface area contributed by atoms with E-state index in [1.54, 1.807) is 12.1 Å². The van der Waals surface area contributed by atoms with Crippen LogP contribution in [-0.2, 0) is 16.0 Å². The summed E-state index contributed by atoms with van der Waals surface area (Å²) in [6.45, 7) is 5.02. The van der Waals surface area contributed by atoms with E-state index < -0.39 is 17.9 Å². The fourth-order valence-corrected chi connectivity index (χ4v) is 3.69. The van der Waals surface area contributed by atoms with Gasteiger partial charge in [-0.1, -0.05) is 45.2 Å². The van der Waals surface area contributed by atoms with Crippen LogP contribution in [0.25, 0.3) is 0 Å². The molecule has 1 atom stereocenters. The van der Waals surface area contributed by atoms with Gasteiger partial charge in [-0.25, -0.2) is 0 Å². The van der Waals surface area contributed by atoms with Crippen LogP contribution in [0.2, 0.25) is 0 Å². The second-order valence-electron chi connectivity index (χ2n) is 7.36. The molecule has 7 heteroatoms. The second kappa shape index (κ2) is 14.5. The molecule has 1 aliphatic rings. The average molecular weight is 432 g/mol. The van der Waals surface area contributed by atoms with Crippen LogP contribution < -0.4 is 10.6 Å². The molecule has 3 amide bonds. The number of aryl methyl sites for hydroxylation is 1. The zero-order chi connectivity index (χ0) is 23.2. The summed E-state index contributed by atoms with van der Waals surface area (Å²) in [5.74, 6) is -1.11. The van der Waals surface area contributed by atoms with Crippen molar-refractivity contribution in [3.63, 3.8) is 0 Å². The Bertz CT molecular complexity index is 748. The minimum Gasteiger partial charge on any atom is -0.359 e. The molecule has 0 bridgehead atoms. The van der Waals surface area contributed by atoms with E-state index in [4.69, 9.17) is 0 Å². The molecule has 1 aliphatic heterocycles. The van der Waals surface area contributed by atoms with Gasteiger partial charge in [0.25, 0.3) is 11.8 Å². The third-order valence-electron chi connectivity index (χ3n) is 5.34. The number of nitrogens with one attached hydrogen (secondary N) is 2. The van der Waals surface area contributed by atoms with Crippen molar-refractivity contribution in [1.29, 1.82) is 0 Å².